The van der Waals surface area contributed by atoms with E-state index in [0.29, 0.717) is 11.7 Å². The molecule has 0 spiro atoms. The van der Waals surface area contributed by atoms with Crippen molar-refractivity contribution in [2.45, 2.75) is 46.1 Å². The van der Waals surface area contributed by atoms with E-state index >= 15 is 0 Å². The maximum absolute atomic E-state index is 12.7. The largest absolute Gasteiger partial charge is 0.324 e. The van der Waals surface area contributed by atoms with Crippen LogP contribution in [0.2, 0.25) is 0 Å². The average molecular weight is 363 g/mol. The highest BCUT2D eigenvalue weighted by Crippen LogP contribution is 2.27. The maximum atomic E-state index is 12.7. The van der Waals surface area contributed by atoms with Crippen molar-refractivity contribution < 1.29 is 4.79 Å². The smallest absolute Gasteiger partial charge is 0.250 e. The zero-order valence-electron chi connectivity index (χ0n) is 16.2. The van der Waals surface area contributed by atoms with Gasteiger partial charge in [0.25, 0.3) is 5.91 Å². The number of tetrazole rings is 1. The molecule has 0 saturated carbocycles. The first-order valence-corrected chi connectivity index (χ1v) is 9.26. The van der Waals surface area contributed by atoms with Crippen molar-refractivity contribution in [3.05, 3.63) is 59.7 Å². The van der Waals surface area contributed by atoms with Crippen LogP contribution in [-0.2, 0) is 4.79 Å². The van der Waals surface area contributed by atoms with E-state index < -0.39 is 6.04 Å². The third-order valence-electron chi connectivity index (χ3n) is 4.83. The average Bonchev–Trinajstić information content (AvgIpc) is 3.17. The van der Waals surface area contributed by atoms with E-state index in [-0.39, 0.29) is 5.91 Å². The monoisotopic (exact) mass is 363 g/mol. The van der Waals surface area contributed by atoms with Gasteiger partial charge in [-0.2, -0.15) is 4.80 Å². The van der Waals surface area contributed by atoms with E-state index in [1.54, 1.807) is 6.92 Å². The fourth-order valence-corrected chi connectivity index (χ4v) is 2.81. The number of anilines is 1. The predicted octanol–water partition coefficient (Wildman–Crippen LogP) is 4.36. The summed E-state index contributed by atoms with van der Waals surface area (Å²) in [5.74, 6) is 0.711. The Labute approximate surface area is 159 Å². The number of nitrogens with zero attached hydrogens (tertiary/aromatic N) is 4. The van der Waals surface area contributed by atoms with Crippen LogP contribution >= 0.6 is 0 Å². The molecule has 1 N–H and O–H groups in total. The van der Waals surface area contributed by atoms with Crippen LogP contribution in [0, 0.1) is 6.92 Å². The summed E-state index contributed by atoms with van der Waals surface area (Å²) in [6.45, 7) is 8.08. The lowest BCUT2D eigenvalue weighted by Gasteiger charge is -2.17. The summed E-state index contributed by atoms with van der Waals surface area (Å²) in [5.41, 5.74) is 4.01. The van der Waals surface area contributed by atoms with E-state index in [4.69, 9.17) is 0 Å². The molecule has 0 saturated heterocycles. The summed E-state index contributed by atoms with van der Waals surface area (Å²) >= 11 is 0. The molecule has 6 nitrogen and oxygen atoms in total. The molecule has 2 atom stereocenters. The number of aromatic nitrogens is 4. The molecule has 1 aromatic heterocycles. The van der Waals surface area contributed by atoms with Gasteiger partial charge in [0.05, 0.1) is 0 Å². The molecule has 0 aliphatic heterocycles. The molecule has 3 rings (SSSR count). The number of hydrogen-bond donors (Lipinski definition) is 1. The Morgan fingerprint density at radius 2 is 1.81 bits per heavy atom. The first kappa shape index (κ1) is 18.8. The van der Waals surface area contributed by atoms with Gasteiger partial charge in [0, 0.05) is 11.3 Å². The minimum Gasteiger partial charge on any atom is -0.324 e. The molecule has 6 heteroatoms. The third-order valence-corrected chi connectivity index (χ3v) is 4.83. The van der Waals surface area contributed by atoms with Crippen molar-refractivity contribution in [3.8, 4) is 11.4 Å². The van der Waals surface area contributed by atoms with Gasteiger partial charge in [-0.05, 0) is 43.0 Å². The number of benzene rings is 2. The number of nitrogens with one attached hydrogen (secondary N) is 1. The number of para-hydroxylation sites is 1. The summed E-state index contributed by atoms with van der Waals surface area (Å²) in [7, 11) is 0. The van der Waals surface area contributed by atoms with Gasteiger partial charge in [0.2, 0.25) is 5.82 Å². The van der Waals surface area contributed by atoms with Gasteiger partial charge in [0.15, 0.2) is 0 Å². The Hall–Kier alpha value is -3.02. The summed E-state index contributed by atoms with van der Waals surface area (Å²) < 4.78 is 0. The highest BCUT2D eigenvalue weighted by molar-refractivity contribution is 5.94. The zero-order valence-corrected chi connectivity index (χ0v) is 16.2. The topological polar surface area (TPSA) is 72.7 Å². The molecule has 0 radical (unpaired) electrons. The van der Waals surface area contributed by atoms with E-state index in [1.807, 2.05) is 49.4 Å². The molecule has 0 aliphatic carbocycles. The van der Waals surface area contributed by atoms with E-state index in [1.165, 1.54) is 10.4 Å². The SMILES string of the molecule is CC[C@@H](C)c1ccccc1NC(=O)[C@@H](C)n1nnc(-c2ccc(C)cc2)n1. The predicted molar refractivity (Wildman–Crippen MR) is 106 cm³/mol. The summed E-state index contributed by atoms with van der Waals surface area (Å²) in [4.78, 5) is 14.1. The van der Waals surface area contributed by atoms with Gasteiger partial charge in [-0.3, -0.25) is 4.79 Å². The normalized spacial score (nSPS) is 13.2. The van der Waals surface area contributed by atoms with Crippen molar-refractivity contribution in [3.63, 3.8) is 0 Å². The van der Waals surface area contributed by atoms with Crippen LogP contribution in [0.4, 0.5) is 5.69 Å². The summed E-state index contributed by atoms with van der Waals surface area (Å²) in [6, 6.07) is 15.2. The van der Waals surface area contributed by atoms with Crippen LogP contribution in [0.3, 0.4) is 0 Å². The number of hydrogen-bond acceptors (Lipinski definition) is 4. The van der Waals surface area contributed by atoms with Crippen molar-refractivity contribution >= 4 is 11.6 Å². The van der Waals surface area contributed by atoms with Gasteiger partial charge in [-0.1, -0.05) is 61.9 Å². The molecule has 1 amide bonds. The Kier molecular flexibility index (Phi) is 5.64. The van der Waals surface area contributed by atoms with Gasteiger partial charge in [-0.25, -0.2) is 0 Å². The third kappa shape index (κ3) is 4.22. The highest BCUT2D eigenvalue weighted by Gasteiger charge is 2.20. The molecular weight excluding hydrogens is 338 g/mol. The van der Waals surface area contributed by atoms with Crippen molar-refractivity contribution in [1.82, 2.24) is 20.2 Å². The summed E-state index contributed by atoms with van der Waals surface area (Å²) in [6.07, 6.45) is 1.01. The van der Waals surface area contributed by atoms with Crippen LogP contribution in [-0.4, -0.2) is 26.1 Å². The second-order valence-corrected chi connectivity index (χ2v) is 6.86. The second kappa shape index (κ2) is 8.12. The minimum absolute atomic E-state index is 0.168. The molecule has 27 heavy (non-hydrogen) atoms. The number of aryl methyl sites for hydroxylation is 1. The lowest BCUT2D eigenvalue weighted by Crippen LogP contribution is -2.26. The molecule has 2 aromatic carbocycles. The molecular formula is C21H25N5O. The van der Waals surface area contributed by atoms with Crippen LogP contribution in [0.1, 0.15) is 50.3 Å². The molecule has 0 fully saturated rings. The van der Waals surface area contributed by atoms with Crippen LogP contribution < -0.4 is 5.32 Å². The Morgan fingerprint density at radius 3 is 2.52 bits per heavy atom. The fraction of sp³-hybridized carbons (Fsp3) is 0.333. The van der Waals surface area contributed by atoms with Crippen LogP contribution in [0.5, 0.6) is 0 Å². The molecule has 1 heterocycles. The second-order valence-electron chi connectivity index (χ2n) is 6.86. The van der Waals surface area contributed by atoms with Crippen LogP contribution in [0.25, 0.3) is 11.4 Å². The molecule has 3 aromatic rings. The van der Waals surface area contributed by atoms with Gasteiger partial charge in [-0.15, -0.1) is 10.2 Å². The number of rotatable bonds is 6. The lowest BCUT2D eigenvalue weighted by atomic mass is 9.97. The lowest BCUT2D eigenvalue weighted by molar-refractivity contribution is -0.119. The fourth-order valence-electron chi connectivity index (χ4n) is 2.81. The van der Waals surface area contributed by atoms with Crippen LogP contribution in [0.15, 0.2) is 48.5 Å². The molecule has 0 unspecified atom stereocenters. The van der Waals surface area contributed by atoms with Gasteiger partial charge < -0.3 is 5.32 Å². The van der Waals surface area contributed by atoms with Crippen molar-refractivity contribution in [1.29, 1.82) is 0 Å². The quantitative estimate of drug-likeness (QED) is 0.706. The standard InChI is InChI=1S/C21H25N5O/c1-5-15(3)18-8-6-7-9-19(18)22-21(27)16(4)26-24-20(23-25-26)17-12-10-14(2)11-13-17/h6-13,15-16H,5H2,1-4H3,(H,22,27)/t15-,16-/m1/s1. The molecule has 0 aliphatic rings. The first-order valence-electron chi connectivity index (χ1n) is 9.26. The summed E-state index contributed by atoms with van der Waals surface area (Å²) in [5, 5.41) is 15.5. The number of amides is 1. The highest BCUT2D eigenvalue weighted by atomic mass is 16.2. The van der Waals surface area contributed by atoms with Gasteiger partial charge >= 0.3 is 0 Å². The van der Waals surface area contributed by atoms with E-state index in [2.05, 4.69) is 40.6 Å². The molecule has 0 bridgehead atoms. The van der Waals surface area contributed by atoms with Gasteiger partial charge in [0.1, 0.15) is 6.04 Å². The van der Waals surface area contributed by atoms with E-state index in [9.17, 15) is 4.79 Å². The zero-order chi connectivity index (χ0) is 19.4. The Bertz CT molecular complexity index is 916. The molecule has 140 valence electrons. The Balaban J connectivity index is 1.76. The van der Waals surface area contributed by atoms with Crippen molar-refractivity contribution in [2.75, 3.05) is 5.32 Å². The maximum Gasteiger partial charge on any atom is 0.250 e. The number of carbonyl (C=O) groups excluding carboxylic acids is 1. The first-order chi connectivity index (χ1) is 13.0. The minimum atomic E-state index is -0.568. The number of carbonyl (C=O) groups is 1. The Morgan fingerprint density at radius 1 is 1.11 bits per heavy atom. The van der Waals surface area contributed by atoms with E-state index in [0.717, 1.165) is 23.2 Å². The van der Waals surface area contributed by atoms with Crippen molar-refractivity contribution in [2.24, 2.45) is 0 Å².